The maximum Gasteiger partial charge on any atom is 0.0549 e. The average Bonchev–Trinajstić information content (AvgIpc) is 2.98. The molecule has 0 fully saturated rings. The molecule has 0 unspecified atom stereocenters. The number of thiophene rings is 1. The van der Waals surface area contributed by atoms with Crippen molar-refractivity contribution in [3.05, 3.63) is 75.0 Å². The van der Waals surface area contributed by atoms with Gasteiger partial charge < -0.3 is 5.32 Å². The minimum atomic E-state index is 0.725. The van der Waals surface area contributed by atoms with E-state index in [9.17, 15) is 0 Å². The van der Waals surface area contributed by atoms with Gasteiger partial charge in [-0.25, -0.2) is 0 Å². The summed E-state index contributed by atoms with van der Waals surface area (Å²) in [5.41, 5.74) is 2.32. The van der Waals surface area contributed by atoms with Gasteiger partial charge in [0.1, 0.15) is 0 Å². The fraction of sp³-hybridized carbons (Fsp3) is 0.0588. The zero-order chi connectivity index (χ0) is 14.7. The molecule has 0 saturated carbocycles. The predicted molar refractivity (Wildman–Crippen MR) is 96.2 cm³/mol. The minimum Gasteiger partial charge on any atom is -0.380 e. The number of benzene rings is 2. The normalized spacial score (nSPS) is 10.6. The molecule has 106 valence electrons. The molecule has 3 aromatic rings. The van der Waals surface area contributed by atoms with Crippen molar-refractivity contribution >= 4 is 44.6 Å². The van der Waals surface area contributed by atoms with Crippen molar-refractivity contribution in [1.29, 1.82) is 0 Å². The Labute approximate surface area is 141 Å². The van der Waals surface area contributed by atoms with Crippen LogP contribution < -0.4 is 5.32 Å². The molecule has 1 heterocycles. The summed E-state index contributed by atoms with van der Waals surface area (Å²) in [4.78, 5) is 2.60. The molecule has 1 N–H and O–H groups in total. The molecule has 0 amide bonds. The van der Waals surface area contributed by atoms with E-state index in [1.54, 1.807) is 0 Å². The van der Waals surface area contributed by atoms with Crippen LogP contribution in [0.25, 0.3) is 10.4 Å². The quantitative estimate of drug-likeness (QED) is 0.550. The molecule has 1 nitrogen and oxygen atoms in total. The van der Waals surface area contributed by atoms with Crippen LogP contribution in [0.5, 0.6) is 0 Å². The molecule has 0 aliphatic rings. The Morgan fingerprint density at radius 2 is 1.81 bits per heavy atom. The second kappa shape index (κ2) is 6.65. The van der Waals surface area contributed by atoms with Crippen LogP contribution in [0.15, 0.2) is 65.1 Å². The minimum absolute atomic E-state index is 0.725. The third-order valence-corrected chi connectivity index (χ3v) is 5.45. The molecule has 2 aromatic carbocycles. The highest BCUT2D eigenvalue weighted by Crippen LogP contribution is 2.29. The second-order valence-corrected chi connectivity index (χ2v) is 7.04. The molecule has 0 aliphatic heterocycles. The summed E-state index contributed by atoms with van der Waals surface area (Å²) in [7, 11) is 0. The third-order valence-electron chi connectivity index (χ3n) is 3.11. The van der Waals surface area contributed by atoms with Gasteiger partial charge in [-0.15, -0.1) is 11.3 Å². The van der Waals surface area contributed by atoms with Crippen molar-refractivity contribution in [2.75, 3.05) is 5.32 Å². The Kier molecular flexibility index (Phi) is 4.63. The highest BCUT2D eigenvalue weighted by Gasteiger charge is 2.03. The van der Waals surface area contributed by atoms with Gasteiger partial charge in [0.2, 0.25) is 0 Å². The first-order valence-electron chi connectivity index (χ1n) is 6.55. The van der Waals surface area contributed by atoms with Crippen molar-refractivity contribution in [1.82, 2.24) is 0 Å². The van der Waals surface area contributed by atoms with Crippen LogP contribution in [0.1, 0.15) is 4.88 Å². The first-order valence-corrected chi connectivity index (χ1v) is 8.54. The standard InChI is InChI=1S/C17H13BrClNS/c18-15-10-13(6-8-16(15)19)20-11-14-7-9-17(21-14)12-4-2-1-3-5-12/h1-10,20H,11H2. The lowest BCUT2D eigenvalue weighted by molar-refractivity contribution is 1.19. The molecule has 0 radical (unpaired) electrons. The highest BCUT2D eigenvalue weighted by atomic mass is 79.9. The lowest BCUT2D eigenvalue weighted by Crippen LogP contribution is -1.96. The number of anilines is 1. The molecule has 4 heteroatoms. The SMILES string of the molecule is Clc1ccc(NCc2ccc(-c3ccccc3)s2)cc1Br. The van der Waals surface area contributed by atoms with Gasteiger partial charge in [0.25, 0.3) is 0 Å². The summed E-state index contributed by atoms with van der Waals surface area (Å²) in [5, 5.41) is 4.14. The van der Waals surface area contributed by atoms with Crippen LogP contribution in [0.3, 0.4) is 0 Å². The van der Waals surface area contributed by atoms with E-state index in [4.69, 9.17) is 11.6 Å². The molecule has 0 bridgehead atoms. The summed E-state index contributed by atoms with van der Waals surface area (Å²) >= 11 is 11.2. The Hall–Kier alpha value is -1.29. The van der Waals surface area contributed by atoms with Crippen LogP contribution in [0.4, 0.5) is 5.69 Å². The van der Waals surface area contributed by atoms with Gasteiger partial charge in [-0.05, 0) is 51.8 Å². The van der Waals surface area contributed by atoms with E-state index < -0.39 is 0 Å². The third kappa shape index (κ3) is 3.67. The van der Waals surface area contributed by atoms with Crippen molar-refractivity contribution < 1.29 is 0 Å². The Morgan fingerprint density at radius 1 is 1.00 bits per heavy atom. The summed E-state index contributed by atoms with van der Waals surface area (Å²) in [6.07, 6.45) is 0. The van der Waals surface area contributed by atoms with E-state index in [0.29, 0.717) is 0 Å². The number of halogens is 2. The van der Waals surface area contributed by atoms with E-state index in [2.05, 4.69) is 57.6 Å². The molecule has 0 saturated heterocycles. The van der Waals surface area contributed by atoms with Crippen LogP contribution in [0.2, 0.25) is 5.02 Å². The largest absolute Gasteiger partial charge is 0.380 e. The van der Waals surface area contributed by atoms with E-state index in [1.165, 1.54) is 15.3 Å². The first-order chi connectivity index (χ1) is 10.2. The van der Waals surface area contributed by atoms with Crippen LogP contribution in [-0.2, 0) is 6.54 Å². The number of nitrogens with one attached hydrogen (secondary N) is 1. The monoisotopic (exact) mass is 377 g/mol. The summed E-state index contributed by atoms with van der Waals surface area (Å²) in [6.45, 7) is 0.811. The van der Waals surface area contributed by atoms with Gasteiger partial charge >= 0.3 is 0 Å². The maximum atomic E-state index is 6.00. The zero-order valence-electron chi connectivity index (χ0n) is 11.1. The lowest BCUT2D eigenvalue weighted by Gasteiger charge is -2.06. The lowest BCUT2D eigenvalue weighted by atomic mass is 10.2. The molecule has 1 aromatic heterocycles. The van der Waals surface area contributed by atoms with Crippen molar-refractivity contribution in [2.24, 2.45) is 0 Å². The smallest absolute Gasteiger partial charge is 0.0549 e. The van der Waals surface area contributed by atoms with Gasteiger partial charge in [0, 0.05) is 26.5 Å². The zero-order valence-corrected chi connectivity index (χ0v) is 14.3. The van der Waals surface area contributed by atoms with E-state index in [-0.39, 0.29) is 0 Å². The summed E-state index contributed by atoms with van der Waals surface area (Å²) < 4.78 is 0.908. The number of hydrogen-bond donors (Lipinski definition) is 1. The van der Waals surface area contributed by atoms with Gasteiger partial charge in [0.15, 0.2) is 0 Å². The van der Waals surface area contributed by atoms with Crippen LogP contribution >= 0.6 is 38.9 Å². The van der Waals surface area contributed by atoms with E-state index >= 15 is 0 Å². The van der Waals surface area contributed by atoms with E-state index in [1.807, 2.05) is 35.6 Å². The van der Waals surface area contributed by atoms with Gasteiger partial charge in [-0.2, -0.15) is 0 Å². The summed E-state index contributed by atoms with van der Waals surface area (Å²) in [6, 6.07) is 20.7. The maximum absolute atomic E-state index is 6.00. The molecular weight excluding hydrogens is 366 g/mol. The topological polar surface area (TPSA) is 12.0 Å². The predicted octanol–water partition coefficient (Wildman–Crippen LogP) is 6.44. The Balaban J connectivity index is 1.69. The Bertz CT molecular complexity index is 740. The summed E-state index contributed by atoms with van der Waals surface area (Å²) in [5.74, 6) is 0. The van der Waals surface area contributed by atoms with Gasteiger partial charge in [-0.3, -0.25) is 0 Å². The van der Waals surface area contributed by atoms with Crippen molar-refractivity contribution in [3.63, 3.8) is 0 Å². The molecular formula is C17H13BrClNS. The molecule has 21 heavy (non-hydrogen) atoms. The number of hydrogen-bond acceptors (Lipinski definition) is 2. The van der Waals surface area contributed by atoms with E-state index in [0.717, 1.165) is 21.7 Å². The molecule has 0 spiro atoms. The van der Waals surface area contributed by atoms with Crippen molar-refractivity contribution in [3.8, 4) is 10.4 Å². The number of rotatable bonds is 4. The molecule has 3 rings (SSSR count). The van der Waals surface area contributed by atoms with Gasteiger partial charge in [-0.1, -0.05) is 41.9 Å². The van der Waals surface area contributed by atoms with Crippen LogP contribution in [-0.4, -0.2) is 0 Å². The fourth-order valence-electron chi connectivity index (χ4n) is 2.03. The Morgan fingerprint density at radius 3 is 2.57 bits per heavy atom. The molecule has 0 aliphatic carbocycles. The first kappa shape index (κ1) is 14.6. The van der Waals surface area contributed by atoms with Gasteiger partial charge in [0.05, 0.1) is 5.02 Å². The van der Waals surface area contributed by atoms with Crippen molar-refractivity contribution in [2.45, 2.75) is 6.54 Å². The second-order valence-electron chi connectivity index (χ2n) is 4.61. The highest BCUT2D eigenvalue weighted by molar-refractivity contribution is 9.10. The fourth-order valence-corrected chi connectivity index (χ4v) is 3.48. The molecule has 0 atom stereocenters. The van der Waals surface area contributed by atoms with Crippen LogP contribution in [0, 0.1) is 0 Å². The average molecular weight is 379 g/mol.